The minimum atomic E-state index is -0.349. The maximum absolute atomic E-state index is 13.1. The fraction of sp³-hybridized carbons (Fsp3) is 0.700. The summed E-state index contributed by atoms with van der Waals surface area (Å²) in [6.07, 6.45) is 36.9. The van der Waals surface area contributed by atoms with Crippen molar-refractivity contribution in [1.29, 1.82) is 0 Å². The van der Waals surface area contributed by atoms with Gasteiger partial charge in [0, 0.05) is 12.0 Å². The second-order valence-corrected chi connectivity index (χ2v) is 25.8. The molecule has 0 aliphatic rings. The Labute approximate surface area is 555 Å². The monoisotopic (exact) mass is 1270 g/mol. The van der Waals surface area contributed by atoms with Crippen molar-refractivity contribution in [3.05, 3.63) is 106 Å². The van der Waals surface area contributed by atoms with E-state index in [-0.39, 0.29) is 35.6 Å². The lowest BCUT2D eigenvalue weighted by molar-refractivity contribution is 0.0410. The van der Waals surface area contributed by atoms with Crippen molar-refractivity contribution in [2.75, 3.05) is 33.0 Å². The summed E-state index contributed by atoms with van der Waals surface area (Å²) in [7, 11) is 0. The molecule has 3 rings (SSSR count). The summed E-state index contributed by atoms with van der Waals surface area (Å²) >= 11 is 0. The van der Waals surface area contributed by atoms with Crippen molar-refractivity contribution in [2.24, 2.45) is 35.5 Å². The summed E-state index contributed by atoms with van der Waals surface area (Å²) in [6, 6.07) is 20.4. The van der Waals surface area contributed by atoms with E-state index in [1.165, 1.54) is 77.0 Å². The molecule has 0 spiro atoms. The summed E-state index contributed by atoms with van der Waals surface area (Å²) in [5, 5.41) is 0. The maximum Gasteiger partial charge on any atom is 0.338 e. The van der Waals surface area contributed by atoms with Crippen LogP contribution in [0.3, 0.4) is 0 Å². The lowest BCUT2D eigenvalue weighted by atomic mass is 9.88. The standard InChI is InChI=1S/C28H46O4.C28H46O3.C24H38O4/c1-5-9-11-15-23(13-7-3)21-31-27(29)25-17-19-26(20-18-25)28(30)32-22-24(14-8-4)16-12-10-6-2;1-5-9-11-17-23(15-7-3)21-27(29)25-19-13-14-20-26(25)28(30)31-22-24(16-8-4)18-12-10-6-2;1-5-9-11-19(7-3)17-27-23(25)21-13-15-22(16-14-21)24(26)28-18-20(8-4)12-10-6-2/h17-20,23-24H,5-16,21-22H2,1-4H3;13-14,19-20,23-24H,5-12,15-18,21-22H2,1-4H3;13-16,19-20H,5-12,17-18H2,1-4H3. The Morgan fingerprint density at radius 3 is 0.802 bits per heavy atom. The maximum atomic E-state index is 13.1. The Morgan fingerprint density at radius 1 is 0.264 bits per heavy atom. The van der Waals surface area contributed by atoms with E-state index < -0.39 is 0 Å². The van der Waals surface area contributed by atoms with Crippen LogP contribution < -0.4 is 0 Å². The molecule has 0 aliphatic carbocycles. The van der Waals surface area contributed by atoms with Gasteiger partial charge in [-0.2, -0.15) is 0 Å². The molecule has 0 saturated heterocycles. The minimum absolute atomic E-state index is 0.0792. The lowest BCUT2D eigenvalue weighted by Gasteiger charge is -2.18. The third kappa shape index (κ3) is 38.5. The summed E-state index contributed by atoms with van der Waals surface area (Å²) < 4.78 is 27.8. The first kappa shape index (κ1) is 83.7. The second kappa shape index (κ2) is 55.2. The van der Waals surface area contributed by atoms with Crippen LogP contribution in [0.15, 0.2) is 72.8 Å². The quantitative estimate of drug-likeness (QED) is 0.0230. The third-order valence-electron chi connectivity index (χ3n) is 17.6. The number of ketones is 1. The van der Waals surface area contributed by atoms with Crippen molar-refractivity contribution in [3.8, 4) is 0 Å². The van der Waals surface area contributed by atoms with Crippen LogP contribution in [-0.2, 0) is 23.7 Å². The van der Waals surface area contributed by atoms with Gasteiger partial charge in [0.2, 0.25) is 0 Å². The number of hydrogen-bond donors (Lipinski definition) is 0. The van der Waals surface area contributed by atoms with Gasteiger partial charge >= 0.3 is 29.8 Å². The summed E-state index contributed by atoms with van der Waals surface area (Å²) in [5.41, 5.74) is 2.86. The van der Waals surface area contributed by atoms with Crippen LogP contribution in [0.1, 0.15) is 357 Å². The van der Waals surface area contributed by atoms with Gasteiger partial charge in [-0.05, 0) is 141 Å². The van der Waals surface area contributed by atoms with E-state index in [1.54, 1.807) is 60.7 Å². The highest BCUT2D eigenvalue weighted by molar-refractivity contribution is 6.06. The number of carbonyl (C=O) groups excluding carboxylic acids is 6. The van der Waals surface area contributed by atoms with E-state index in [9.17, 15) is 28.8 Å². The van der Waals surface area contributed by atoms with E-state index in [1.807, 2.05) is 12.1 Å². The molecule has 3 aromatic carbocycles. The van der Waals surface area contributed by atoms with Crippen LogP contribution in [0.4, 0.5) is 0 Å². The summed E-state index contributed by atoms with van der Waals surface area (Å²) in [4.78, 5) is 75.3. The first-order valence-electron chi connectivity index (χ1n) is 36.8. The van der Waals surface area contributed by atoms with Crippen LogP contribution in [0.25, 0.3) is 0 Å². The predicted octanol–water partition coefficient (Wildman–Crippen LogP) is 22.8. The molecule has 516 valence electrons. The third-order valence-corrected chi connectivity index (χ3v) is 17.6. The number of Topliss-reactive ketones (excluding diaryl/α,β-unsaturated/α-hetero) is 1. The number of esters is 5. The zero-order chi connectivity index (χ0) is 67.3. The smallest absolute Gasteiger partial charge is 0.338 e. The highest BCUT2D eigenvalue weighted by Crippen LogP contribution is 2.26. The Bertz CT molecular complexity index is 2220. The second-order valence-electron chi connectivity index (χ2n) is 25.8. The molecule has 11 heteroatoms. The lowest BCUT2D eigenvalue weighted by Crippen LogP contribution is -2.18. The van der Waals surface area contributed by atoms with Crippen molar-refractivity contribution in [3.63, 3.8) is 0 Å². The fourth-order valence-corrected chi connectivity index (χ4v) is 11.6. The van der Waals surface area contributed by atoms with Gasteiger partial charge in [-0.3, -0.25) is 4.79 Å². The fourth-order valence-electron chi connectivity index (χ4n) is 11.6. The highest BCUT2D eigenvalue weighted by atomic mass is 16.5. The molecule has 11 nitrogen and oxygen atoms in total. The molecule has 0 heterocycles. The highest BCUT2D eigenvalue weighted by Gasteiger charge is 2.23. The molecule has 0 saturated carbocycles. The molecule has 6 atom stereocenters. The first-order chi connectivity index (χ1) is 44.2. The molecule has 91 heavy (non-hydrogen) atoms. The van der Waals surface area contributed by atoms with Crippen LogP contribution >= 0.6 is 0 Å². The minimum Gasteiger partial charge on any atom is -0.462 e. The molecule has 6 unspecified atom stereocenters. The van der Waals surface area contributed by atoms with E-state index in [0.717, 1.165) is 128 Å². The van der Waals surface area contributed by atoms with Gasteiger partial charge in [0.1, 0.15) is 0 Å². The zero-order valence-electron chi connectivity index (χ0n) is 59.8. The largest absolute Gasteiger partial charge is 0.462 e. The van der Waals surface area contributed by atoms with Gasteiger partial charge in [0.05, 0.1) is 60.9 Å². The molecule has 0 fully saturated rings. The molecule has 3 aromatic rings. The zero-order valence-corrected chi connectivity index (χ0v) is 59.8. The Hall–Kier alpha value is -5.32. The molecule has 0 amide bonds. The molecule has 0 radical (unpaired) electrons. The van der Waals surface area contributed by atoms with Gasteiger partial charge in [-0.25, -0.2) is 24.0 Å². The van der Waals surface area contributed by atoms with Gasteiger partial charge in [-0.1, -0.05) is 255 Å². The summed E-state index contributed by atoms with van der Waals surface area (Å²) in [5.74, 6) is 0.929. The summed E-state index contributed by atoms with van der Waals surface area (Å²) in [6.45, 7) is 28.4. The molecular weight excluding hydrogens is 1140 g/mol. The van der Waals surface area contributed by atoms with E-state index in [2.05, 4.69) is 83.1 Å². The average Bonchev–Trinajstić information content (AvgIpc) is 1.34. The van der Waals surface area contributed by atoms with Gasteiger partial charge < -0.3 is 23.7 Å². The number of carbonyl (C=O) groups is 6. The molecule has 0 aromatic heterocycles. The number of rotatable bonds is 50. The van der Waals surface area contributed by atoms with Crippen LogP contribution in [0, 0.1) is 35.5 Å². The average molecular weight is 1270 g/mol. The SMILES string of the molecule is CCCCC(CC)COC(=O)c1ccc(C(=O)OCC(CC)CCCC)cc1.CCCCCC(CCC)COC(=O)c1ccc(C(=O)OCC(CCC)CCCCC)cc1.CCCCCC(CCC)COC(=O)c1ccccc1C(=O)CC(CCC)CCCCC. The van der Waals surface area contributed by atoms with Crippen molar-refractivity contribution >= 4 is 35.6 Å². The topological polar surface area (TPSA) is 149 Å². The van der Waals surface area contributed by atoms with Crippen molar-refractivity contribution < 1.29 is 52.5 Å². The molecule has 0 aliphatic heterocycles. The molecule has 0 N–H and O–H groups in total. The number of ether oxygens (including phenoxy) is 5. The van der Waals surface area contributed by atoms with E-state index >= 15 is 0 Å². The van der Waals surface area contributed by atoms with Gasteiger partial charge in [-0.15, -0.1) is 0 Å². The van der Waals surface area contributed by atoms with E-state index in [4.69, 9.17) is 23.7 Å². The van der Waals surface area contributed by atoms with Gasteiger partial charge in [0.25, 0.3) is 0 Å². The van der Waals surface area contributed by atoms with Gasteiger partial charge in [0.15, 0.2) is 5.78 Å². The predicted molar refractivity (Wildman–Crippen MR) is 376 cm³/mol. The Kier molecular flexibility index (Phi) is 50.7. The number of unbranched alkanes of at least 4 members (excludes halogenated alkanes) is 10. The van der Waals surface area contributed by atoms with Crippen LogP contribution in [0.5, 0.6) is 0 Å². The van der Waals surface area contributed by atoms with Crippen molar-refractivity contribution in [2.45, 2.75) is 295 Å². The molecule has 0 bridgehead atoms. The number of hydrogen-bond acceptors (Lipinski definition) is 11. The number of benzene rings is 3. The van der Waals surface area contributed by atoms with Crippen LogP contribution in [-0.4, -0.2) is 68.7 Å². The molecular formula is C80H130O11. The van der Waals surface area contributed by atoms with Crippen molar-refractivity contribution in [1.82, 2.24) is 0 Å². The first-order valence-corrected chi connectivity index (χ1v) is 36.8. The Balaban J connectivity index is 0.000000684. The Morgan fingerprint density at radius 2 is 0.516 bits per heavy atom. The normalized spacial score (nSPS) is 13.0. The van der Waals surface area contributed by atoms with E-state index in [0.29, 0.717) is 108 Å². The van der Waals surface area contributed by atoms with Crippen LogP contribution in [0.2, 0.25) is 0 Å².